The van der Waals surface area contributed by atoms with E-state index in [0.717, 1.165) is 13.1 Å². The van der Waals surface area contributed by atoms with Crippen LogP contribution >= 0.6 is 0 Å². The molecule has 0 radical (unpaired) electrons. The van der Waals surface area contributed by atoms with Crippen LogP contribution in [0.3, 0.4) is 0 Å². The summed E-state index contributed by atoms with van der Waals surface area (Å²) in [5.74, 6) is 0.372. The number of amides is 3. The summed E-state index contributed by atoms with van der Waals surface area (Å²) in [5, 5.41) is 8.56. The van der Waals surface area contributed by atoms with Gasteiger partial charge in [-0.2, -0.15) is 0 Å². The van der Waals surface area contributed by atoms with E-state index in [9.17, 15) is 9.59 Å². The number of carbonyl (C=O) groups is 2. The Labute approximate surface area is 164 Å². The van der Waals surface area contributed by atoms with Gasteiger partial charge in [-0.25, -0.2) is 4.79 Å². The summed E-state index contributed by atoms with van der Waals surface area (Å²) in [5.41, 5.74) is 2.44. The van der Waals surface area contributed by atoms with Crippen LogP contribution in [0.25, 0.3) is 0 Å². The molecule has 28 heavy (non-hydrogen) atoms. The molecule has 3 N–H and O–H groups in total. The van der Waals surface area contributed by atoms with Gasteiger partial charge in [0.15, 0.2) is 6.61 Å². The van der Waals surface area contributed by atoms with Crippen LogP contribution < -0.4 is 20.7 Å². The van der Waals surface area contributed by atoms with Crippen LogP contribution in [0, 0.1) is 0 Å². The molecule has 1 fully saturated rings. The highest BCUT2D eigenvalue weighted by Gasteiger charge is 2.24. The predicted molar refractivity (Wildman–Crippen MR) is 108 cm³/mol. The van der Waals surface area contributed by atoms with Gasteiger partial charge in [-0.15, -0.1) is 0 Å². The van der Waals surface area contributed by atoms with Crippen LogP contribution in [0.15, 0.2) is 48.5 Å². The van der Waals surface area contributed by atoms with E-state index in [1.54, 1.807) is 18.2 Å². The zero-order valence-corrected chi connectivity index (χ0v) is 15.6. The van der Waals surface area contributed by atoms with Crippen LogP contribution in [0.4, 0.5) is 16.2 Å². The Balaban J connectivity index is 1.38. The molecule has 0 aliphatic carbocycles. The average Bonchev–Trinajstić information content (AvgIpc) is 3.23. The van der Waals surface area contributed by atoms with Crippen LogP contribution in [-0.4, -0.2) is 43.1 Å². The van der Waals surface area contributed by atoms with Crippen molar-refractivity contribution in [2.75, 3.05) is 36.9 Å². The second-order valence-corrected chi connectivity index (χ2v) is 7.05. The SMILES string of the molecule is O=C1COc2cc(NC(=O)NCC(c3ccccc3)N3CCCC3)ccc2N1. The third-order valence-corrected chi connectivity index (χ3v) is 5.09. The fraction of sp³-hybridized carbons (Fsp3) is 0.333. The summed E-state index contributed by atoms with van der Waals surface area (Å²) in [6, 6.07) is 15.4. The van der Waals surface area contributed by atoms with Gasteiger partial charge >= 0.3 is 6.03 Å². The molecule has 0 aromatic heterocycles. The number of carbonyl (C=O) groups excluding carboxylic acids is 2. The number of nitrogens with zero attached hydrogens (tertiary/aromatic N) is 1. The number of likely N-dealkylation sites (tertiary alicyclic amines) is 1. The van der Waals surface area contributed by atoms with Gasteiger partial charge in [-0.05, 0) is 43.6 Å². The number of hydrogen-bond acceptors (Lipinski definition) is 4. The second-order valence-electron chi connectivity index (χ2n) is 7.05. The zero-order chi connectivity index (χ0) is 19.3. The van der Waals surface area contributed by atoms with Crippen molar-refractivity contribution in [2.24, 2.45) is 0 Å². The Morgan fingerprint density at radius 3 is 2.71 bits per heavy atom. The highest BCUT2D eigenvalue weighted by molar-refractivity contribution is 5.96. The largest absolute Gasteiger partial charge is 0.482 e. The van der Waals surface area contributed by atoms with Crippen molar-refractivity contribution in [3.8, 4) is 5.75 Å². The van der Waals surface area contributed by atoms with E-state index in [2.05, 4.69) is 33.0 Å². The fourth-order valence-electron chi connectivity index (χ4n) is 3.70. The molecule has 2 aromatic carbocycles. The maximum atomic E-state index is 12.4. The molecule has 3 amide bonds. The maximum Gasteiger partial charge on any atom is 0.319 e. The lowest BCUT2D eigenvalue weighted by Gasteiger charge is -2.28. The Bertz CT molecular complexity index is 850. The number of urea groups is 1. The van der Waals surface area contributed by atoms with Gasteiger partial charge in [-0.3, -0.25) is 9.69 Å². The number of rotatable bonds is 5. The van der Waals surface area contributed by atoms with Gasteiger partial charge in [0.25, 0.3) is 5.91 Å². The van der Waals surface area contributed by atoms with Crippen LogP contribution in [-0.2, 0) is 4.79 Å². The summed E-state index contributed by atoms with van der Waals surface area (Å²) in [6.07, 6.45) is 2.39. The lowest BCUT2D eigenvalue weighted by atomic mass is 10.1. The number of fused-ring (bicyclic) bond motifs is 1. The summed E-state index contributed by atoms with van der Waals surface area (Å²) in [4.78, 5) is 26.2. The number of nitrogens with one attached hydrogen (secondary N) is 3. The Morgan fingerprint density at radius 2 is 1.93 bits per heavy atom. The lowest BCUT2D eigenvalue weighted by Crippen LogP contribution is -2.38. The first-order chi connectivity index (χ1) is 13.7. The minimum absolute atomic E-state index is 0.0166. The standard InChI is InChI=1S/C21H24N4O3/c26-20-14-28-19-12-16(8-9-17(19)24-20)23-21(27)22-13-18(25-10-4-5-11-25)15-6-2-1-3-7-15/h1-3,6-9,12,18H,4-5,10-11,13-14H2,(H,24,26)(H2,22,23,27). The minimum atomic E-state index is -0.264. The zero-order valence-electron chi connectivity index (χ0n) is 15.6. The molecule has 146 valence electrons. The first-order valence-electron chi connectivity index (χ1n) is 9.59. The molecule has 2 aliphatic rings. The summed E-state index contributed by atoms with van der Waals surface area (Å²) >= 11 is 0. The number of ether oxygens (including phenoxy) is 1. The first kappa shape index (κ1) is 18.3. The second kappa shape index (κ2) is 8.31. The molecule has 2 aromatic rings. The predicted octanol–water partition coefficient (Wildman–Crippen LogP) is 2.98. The molecule has 2 heterocycles. The quantitative estimate of drug-likeness (QED) is 0.745. The normalized spacial score (nSPS) is 17.2. The van der Waals surface area contributed by atoms with E-state index in [-0.39, 0.29) is 24.6 Å². The highest BCUT2D eigenvalue weighted by atomic mass is 16.5. The van der Waals surface area contributed by atoms with Crippen LogP contribution in [0.5, 0.6) is 5.75 Å². The minimum Gasteiger partial charge on any atom is -0.482 e. The summed E-state index contributed by atoms with van der Waals surface area (Å²) < 4.78 is 5.39. The van der Waals surface area contributed by atoms with Gasteiger partial charge in [-0.1, -0.05) is 30.3 Å². The monoisotopic (exact) mass is 380 g/mol. The van der Waals surface area contributed by atoms with Crippen molar-refractivity contribution >= 4 is 23.3 Å². The molecular weight excluding hydrogens is 356 g/mol. The van der Waals surface area contributed by atoms with Crippen molar-refractivity contribution in [2.45, 2.75) is 18.9 Å². The smallest absolute Gasteiger partial charge is 0.319 e. The number of anilines is 2. The van der Waals surface area contributed by atoms with E-state index >= 15 is 0 Å². The molecule has 4 rings (SSSR count). The van der Waals surface area contributed by atoms with Crippen molar-refractivity contribution in [3.05, 3.63) is 54.1 Å². The topological polar surface area (TPSA) is 82.7 Å². The molecule has 7 heteroatoms. The Morgan fingerprint density at radius 1 is 1.14 bits per heavy atom. The van der Waals surface area contributed by atoms with E-state index in [1.807, 2.05) is 18.2 Å². The van der Waals surface area contributed by atoms with Crippen molar-refractivity contribution in [3.63, 3.8) is 0 Å². The maximum absolute atomic E-state index is 12.4. The third kappa shape index (κ3) is 4.26. The van der Waals surface area contributed by atoms with Gasteiger partial charge in [0, 0.05) is 18.3 Å². The molecule has 1 unspecified atom stereocenters. The highest BCUT2D eigenvalue weighted by Crippen LogP contribution is 2.30. The van der Waals surface area contributed by atoms with E-state index in [1.165, 1.54) is 18.4 Å². The van der Waals surface area contributed by atoms with E-state index in [0.29, 0.717) is 23.7 Å². The Kier molecular flexibility index (Phi) is 5.43. The third-order valence-electron chi connectivity index (χ3n) is 5.09. The average molecular weight is 380 g/mol. The van der Waals surface area contributed by atoms with E-state index < -0.39 is 0 Å². The molecule has 0 bridgehead atoms. The molecular formula is C21H24N4O3. The van der Waals surface area contributed by atoms with Crippen LogP contribution in [0.2, 0.25) is 0 Å². The fourth-order valence-corrected chi connectivity index (χ4v) is 3.70. The van der Waals surface area contributed by atoms with Gasteiger partial charge < -0.3 is 20.7 Å². The van der Waals surface area contributed by atoms with Crippen molar-refractivity contribution < 1.29 is 14.3 Å². The summed E-state index contributed by atoms with van der Waals surface area (Å²) in [7, 11) is 0. The first-order valence-corrected chi connectivity index (χ1v) is 9.59. The molecule has 0 saturated carbocycles. The Hall–Kier alpha value is -3.06. The van der Waals surface area contributed by atoms with Crippen LogP contribution in [0.1, 0.15) is 24.4 Å². The molecule has 1 atom stereocenters. The van der Waals surface area contributed by atoms with Gasteiger partial charge in [0.2, 0.25) is 0 Å². The van der Waals surface area contributed by atoms with Crippen molar-refractivity contribution in [1.82, 2.24) is 10.2 Å². The lowest BCUT2D eigenvalue weighted by molar-refractivity contribution is -0.118. The summed E-state index contributed by atoms with van der Waals surface area (Å²) in [6.45, 7) is 2.62. The number of benzene rings is 2. The molecule has 0 spiro atoms. The molecule has 7 nitrogen and oxygen atoms in total. The van der Waals surface area contributed by atoms with Gasteiger partial charge in [0.1, 0.15) is 5.75 Å². The van der Waals surface area contributed by atoms with Gasteiger partial charge in [0.05, 0.1) is 11.7 Å². The molecule has 2 aliphatic heterocycles. The van der Waals surface area contributed by atoms with E-state index in [4.69, 9.17) is 4.74 Å². The molecule has 1 saturated heterocycles. The number of hydrogen-bond donors (Lipinski definition) is 3. The van der Waals surface area contributed by atoms with Crippen molar-refractivity contribution in [1.29, 1.82) is 0 Å².